The van der Waals surface area contributed by atoms with Crippen LogP contribution in [0.1, 0.15) is 30.9 Å². The van der Waals surface area contributed by atoms with Gasteiger partial charge in [0.05, 0.1) is 0 Å². The van der Waals surface area contributed by atoms with Crippen LogP contribution < -0.4 is 0 Å². The summed E-state index contributed by atoms with van der Waals surface area (Å²) >= 11 is 0. The molecule has 1 aliphatic rings. The fourth-order valence-corrected chi connectivity index (χ4v) is 1.79. The van der Waals surface area contributed by atoms with Crippen LogP contribution in [0.3, 0.4) is 0 Å². The van der Waals surface area contributed by atoms with E-state index in [1.165, 1.54) is 11.1 Å². The van der Waals surface area contributed by atoms with E-state index in [2.05, 4.69) is 44.5 Å². The van der Waals surface area contributed by atoms with Crippen LogP contribution >= 0.6 is 0 Å². The van der Waals surface area contributed by atoms with Gasteiger partial charge in [0.1, 0.15) is 0 Å². The van der Waals surface area contributed by atoms with Gasteiger partial charge in [-0.25, -0.2) is 0 Å². The second kappa shape index (κ2) is 2.37. The molecule has 0 heterocycles. The van der Waals surface area contributed by atoms with Gasteiger partial charge in [0.2, 0.25) is 0 Å². The van der Waals surface area contributed by atoms with Crippen molar-refractivity contribution in [3.63, 3.8) is 0 Å². The molecule has 0 unspecified atom stereocenters. The highest BCUT2D eigenvalue weighted by Crippen LogP contribution is 2.38. The normalized spacial score (nSPS) is 28.5. The van der Waals surface area contributed by atoms with Gasteiger partial charge in [-0.05, 0) is 29.4 Å². The van der Waals surface area contributed by atoms with Crippen molar-refractivity contribution >= 4 is 0 Å². The van der Waals surface area contributed by atoms with Crippen molar-refractivity contribution in [2.24, 2.45) is 5.92 Å². The largest absolute Gasteiger partial charge is 0.0620 e. The number of hydrogen-bond donors (Lipinski definition) is 0. The van der Waals surface area contributed by atoms with Crippen molar-refractivity contribution in [3.05, 3.63) is 41.8 Å². The van der Waals surface area contributed by atoms with Gasteiger partial charge in [-0.3, -0.25) is 0 Å². The first-order valence-electron chi connectivity index (χ1n) is 4.23. The predicted molar refractivity (Wildman–Crippen MR) is 47.4 cm³/mol. The van der Waals surface area contributed by atoms with Crippen LogP contribution in [0.15, 0.2) is 24.3 Å². The van der Waals surface area contributed by atoms with Crippen LogP contribution in [0.4, 0.5) is 0 Å². The molecular formula is C11H13. The van der Waals surface area contributed by atoms with Gasteiger partial charge < -0.3 is 0 Å². The summed E-state index contributed by atoms with van der Waals surface area (Å²) < 4.78 is 0. The average Bonchev–Trinajstić information content (AvgIpc) is 2.30. The maximum absolute atomic E-state index is 2.36. The van der Waals surface area contributed by atoms with Crippen molar-refractivity contribution in [3.8, 4) is 0 Å². The van der Waals surface area contributed by atoms with E-state index >= 15 is 0 Å². The number of fused-ring (bicyclic) bond motifs is 1. The third-order valence-corrected chi connectivity index (χ3v) is 2.72. The fourth-order valence-electron chi connectivity index (χ4n) is 1.79. The van der Waals surface area contributed by atoms with Gasteiger partial charge in [-0.15, -0.1) is 0 Å². The lowest BCUT2D eigenvalue weighted by molar-refractivity contribution is 0.600. The van der Waals surface area contributed by atoms with E-state index in [0.717, 1.165) is 0 Å². The van der Waals surface area contributed by atoms with Crippen molar-refractivity contribution in [2.45, 2.75) is 19.8 Å². The molecule has 0 heteroatoms. The molecule has 0 bridgehead atoms. The average molecular weight is 145 g/mol. The van der Waals surface area contributed by atoms with E-state index in [4.69, 9.17) is 0 Å². The SMILES string of the molecule is C[C@@H]1c2ccccc2[CH][C@@H]1C. The highest BCUT2D eigenvalue weighted by Gasteiger charge is 2.24. The Hall–Kier alpha value is -0.780. The predicted octanol–water partition coefficient (Wildman–Crippen LogP) is 2.99. The third-order valence-electron chi connectivity index (χ3n) is 2.72. The summed E-state index contributed by atoms with van der Waals surface area (Å²) in [5.41, 5.74) is 2.95. The zero-order chi connectivity index (χ0) is 7.84. The second-order valence-corrected chi connectivity index (χ2v) is 3.44. The van der Waals surface area contributed by atoms with E-state index in [1.807, 2.05) is 0 Å². The molecule has 1 aromatic rings. The first-order chi connectivity index (χ1) is 5.29. The lowest BCUT2D eigenvalue weighted by Crippen LogP contribution is -1.95. The first kappa shape index (κ1) is 6.90. The van der Waals surface area contributed by atoms with E-state index in [9.17, 15) is 0 Å². The summed E-state index contributed by atoms with van der Waals surface area (Å²) in [6, 6.07) is 8.68. The Kier molecular flexibility index (Phi) is 1.49. The smallest absolute Gasteiger partial charge is 0.00559 e. The summed E-state index contributed by atoms with van der Waals surface area (Å²) in [5.74, 6) is 1.43. The van der Waals surface area contributed by atoms with Crippen LogP contribution in [0, 0.1) is 12.3 Å². The molecule has 1 aromatic carbocycles. The Morgan fingerprint density at radius 3 is 2.55 bits per heavy atom. The lowest BCUT2D eigenvalue weighted by Gasteiger charge is -2.08. The Morgan fingerprint density at radius 1 is 1.09 bits per heavy atom. The van der Waals surface area contributed by atoms with E-state index < -0.39 is 0 Å². The maximum Gasteiger partial charge on any atom is -0.00559 e. The number of rotatable bonds is 0. The maximum atomic E-state index is 2.36. The van der Waals surface area contributed by atoms with Crippen LogP contribution in [0.5, 0.6) is 0 Å². The zero-order valence-corrected chi connectivity index (χ0v) is 7.04. The molecule has 0 nitrogen and oxygen atoms in total. The Labute approximate surface area is 68.3 Å². The van der Waals surface area contributed by atoms with Crippen LogP contribution in [0.2, 0.25) is 0 Å². The quantitative estimate of drug-likeness (QED) is 0.526. The summed E-state index contributed by atoms with van der Waals surface area (Å²) in [7, 11) is 0. The molecule has 1 radical (unpaired) electrons. The van der Waals surface area contributed by atoms with Crippen molar-refractivity contribution in [1.29, 1.82) is 0 Å². The molecule has 0 aromatic heterocycles. The molecule has 11 heavy (non-hydrogen) atoms. The molecule has 0 spiro atoms. The van der Waals surface area contributed by atoms with Gasteiger partial charge in [0.15, 0.2) is 0 Å². The second-order valence-electron chi connectivity index (χ2n) is 3.44. The summed E-state index contributed by atoms with van der Waals surface area (Å²) in [6.45, 7) is 4.58. The Bertz CT molecular complexity index is 262. The highest BCUT2D eigenvalue weighted by molar-refractivity contribution is 5.41. The zero-order valence-electron chi connectivity index (χ0n) is 7.04. The molecule has 2 atom stereocenters. The van der Waals surface area contributed by atoms with Crippen LogP contribution in [-0.2, 0) is 0 Å². The summed E-state index contributed by atoms with van der Waals surface area (Å²) in [6.07, 6.45) is 2.36. The topological polar surface area (TPSA) is 0 Å². The van der Waals surface area contributed by atoms with Crippen LogP contribution in [-0.4, -0.2) is 0 Å². The van der Waals surface area contributed by atoms with Crippen LogP contribution in [0.25, 0.3) is 0 Å². The molecule has 0 N–H and O–H groups in total. The monoisotopic (exact) mass is 145 g/mol. The minimum atomic E-state index is 0.714. The van der Waals surface area contributed by atoms with Gasteiger partial charge in [-0.1, -0.05) is 38.1 Å². The van der Waals surface area contributed by atoms with E-state index in [0.29, 0.717) is 11.8 Å². The van der Waals surface area contributed by atoms with Gasteiger partial charge in [0, 0.05) is 0 Å². The molecule has 0 aliphatic heterocycles. The molecule has 2 rings (SSSR count). The minimum absolute atomic E-state index is 0.714. The summed E-state index contributed by atoms with van der Waals surface area (Å²) in [5, 5.41) is 0. The van der Waals surface area contributed by atoms with Crippen molar-refractivity contribution < 1.29 is 0 Å². The number of benzene rings is 1. The fraction of sp³-hybridized carbons (Fsp3) is 0.364. The first-order valence-corrected chi connectivity index (χ1v) is 4.23. The minimum Gasteiger partial charge on any atom is -0.0620 e. The van der Waals surface area contributed by atoms with Crippen molar-refractivity contribution in [1.82, 2.24) is 0 Å². The number of hydrogen-bond acceptors (Lipinski definition) is 0. The molecule has 57 valence electrons. The molecule has 1 aliphatic carbocycles. The van der Waals surface area contributed by atoms with Gasteiger partial charge >= 0.3 is 0 Å². The van der Waals surface area contributed by atoms with E-state index in [1.54, 1.807) is 0 Å². The molecule has 0 saturated carbocycles. The van der Waals surface area contributed by atoms with Gasteiger partial charge in [0.25, 0.3) is 0 Å². The summed E-state index contributed by atoms with van der Waals surface area (Å²) in [4.78, 5) is 0. The molecule has 0 fully saturated rings. The standard InChI is InChI=1S/C11H13/c1-8-7-10-5-3-4-6-11(10)9(8)2/h3-9H,1-2H3/t8-,9-/m0/s1. The third kappa shape index (κ3) is 0.973. The van der Waals surface area contributed by atoms with Crippen molar-refractivity contribution in [2.75, 3.05) is 0 Å². The molecule has 0 saturated heterocycles. The van der Waals surface area contributed by atoms with E-state index in [-0.39, 0.29) is 0 Å². The molecular weight excluding hydrogens is 132 g/mol. The Balaban J connectivity index is 2.47. The Morgan fingerprint density at radius 2 is 1.82 bits per heavy atom. The van der Waals surface area contributed by atoms with Gasteiger partial charge in [-0.2, -0.15) is 0 Å². The molecule has 0 amide bonds. The lowest BCUT2D eigenvalue weighted by atomic mass is 9.97. The highest BCUT2D eigenvalue weighted by atomic mass is 14.3.